The van der Waals surface area contributed by atoms with Crippen LogP contribution in [0.15, 0.2) is 24.3 Å². The third-order valence-corrected chi connectivity index (χ3v) is 4.19. The van der Waals surface area contributed by atoms with Crippen LogP contribution in [0.1, 0.15) is 43.5 Å². The Morgan fingerprint density at radius 3 is 2.70 bits per heavy atom. The Morgan fingerprint density at radius 2 is 2.00 bits per heavy atom. The highest BCUT2D eigenvalue weighted by molar-refractivity contribution is 5.97. The lowest BCUT2D eigenvalue weighted by Crippen LogP contribution is -2.38. The molecule has 0 aliphatic carbocycles. The predicted molar refractivity (Wildman–Crippen MR) is 92.5 cm³/mol. The van der Waals surface area contributed by atoms with Crippen LogP contribution in [-0.4, -0.2) is 42.9 Å². The van der Waals surface area contributed by atoms with Crippen molar-refractivity contribution in [2.75, 3.05) is 31.5 Å². The molecule has 0 saturated carbocycles. The third-order valence-electron chi connectivity index (χ3n) is 4.19. The number of rotatable bonds is 6. The number of hydrogen-bond donors (Lipinski definition) is 2. The summed E-state index contributed by atoms with van der Waals surface area (Å²) in [5.41, 5.74) is 1.24. The fourth-order valence-corrected chi connectivity index (χ4v) is 2.70. The van der Waals surface area contributed by atoms with Gasteiger partial charge in [-0.25, -0.2) is 0 Å². The largest absolute Gasteiger partial charge is 0.352 e. The normalized spacial score (nSPS) is 16.1. The van der Waals surface area contributed by atoms with Crippen LogP contribution in [-0.2, 0) is 4.79 Å². The lowest BCUT2D eigenvalue weighted by Gasteiger charge is -2.29. The summed E-state index contributed by atoms with van der Waals surface area (Å²) >= 11 is 0. The molecule has 1 fully saturated rings. The summed E-state index contributed by atoms with van der Waals surface area (Å²) in [5, 5.41) is 5.73. The second-order valence-corrected chi connectivity index (χ2v) is 6.34. The van der Waals surface area contributed by atoms with Gasteiger partial charge in [0.15, 0.2) is 0 Å². The topological polar surface area (TPSA) is 61.4 Å². The first kappa shape index (κ1) is 17.5. The molecule has 0 atom stereocenters. The van der Waals surface area contributed by atoms with Crippen LogP contribution in [0.25, 0.3) is 0 Å². The van der Waals surface area contributed by atoms with Gasteiger partial charge in [0.05, 0.1) is 6.54 Å². The maximum absolute atomic E-state index is 12.2. The van der Waals surface area contributed by atoms with Crippen LogP contribution in [0.5, 0.6) is 0 Å². The summed E-state index contributed by atoms with van der Waals surface area (Å²) in [6.45, 7) is 7.30. The van der Waals surface area contributed by atoms with E-state index in [1.54, 1.807) is 18.2 Å². The van der Waals surface area contributed by atoms with Gasteiger partial charge in [0.1, 0.15) is 0 Å². The number of carbonyl (C=O) groups is 2. The summed E-state index contributed by atoms with van der Waals surface area (Å²) in [6, 6.07) is 7.08. The Hall–Kier alpha value is -1.88. The first-order chi connectivity index (χ1) is 11.1. The van der Waals surface area contributed by atoms with E-state index in [1.807, 2.05) is 13.0 Å². The summed E-state index contributed by atoms with van der Waals surface area (Å²) in [5.74, 6) is 0.631. The number of nitrogens with zero attached hydrogens (tertiary/aromatic N) is 1. The minimum atomic E-state index is -0.104. The van der Waals surface area contributed by atoms with E-state index < -0.39 is 0 Å². The molecule has 1 saturated heterocycles. The lowest BCUT2D eigenvalue weighted by atomic mass is 9.99. The molecular formula is C18H27N3O2. The first-order valence-electron chi connectivity index (χ1n) is 8.49. The highest BCUT2D eigenvalue weighted by atomic mass is 16.2. The minimum absolute atomic E-state index is 0.0225. The van der Waals surface area contributed by atoms with Crippen molar-refractivity contribution in [1.29, 1.82) is 0 Å². The second-order valence-electron chi connectivity index (χ2n) is 6.34. The number of nitrogens with one attached hydrogen (secondary N) is 2. The number of likely N-dealkylation sites (tertiary alicyclic amines) is 1. The van der Waals surface area contributed by atoms with Crippen LogP contribution in [0.4, 0.5) is 5.69 Å². The van der Waals surface area contributed by atoms with Crippen LogP contribution in [0.2, 0.25) is 0 Å². The maximum atomic E-state index is 12.2. The smallest absolute Gasteiger partial charge is 0.251 e. The molecule has 0 bridgehead atoms. The molecular weight excluding hydrogens is 290 g/mol. The molecule has 2 rings (SSSR count). The molecule has 1 aromatic carbocycles. The monoisotopic (exact) mass is 317 g/mol. The van der Waals surface area contributed by atoms with Gasteiger partial charge in [0.2, 0.25) is 5.91 Å². The van der Waals surface area contributed by atoms with Crippen molar-refractivity contribution in [2.24, 2.45) is 5.92 Å². The van der Waals surface area contributed by atoms with Crippen molar-refractivity contribution in [2.45, 2.75) is 33.1 Å². The Bertz CT molecular complexity index is 537. The molecule has 126 valence electrons. The Balaban J connectivity index is 1.87. The zero-order valence-corrected chi connectivity index (χ0v) is 14.1. The number of anilines is 1. The minimum Gasteiger partial charge on any atom is -0.352 e. The predicted octanol–water partition coefficient (Wildman–Crippen LogP) is 2.50. The fourth-order valence-electron chi connectivity index (χ4n) is 2.70. The van der Waals surface area contributed by atoms with E-state index in [2.05, 4.69) is 22.5 Å². The summed E-state index contributed by atoms with van der Waals surface area (Å²) in [7, 11) is 0. The van der Waals surface area contributed by atoms with Gasteiger partial charge in [-0.3, -0.25) is 14.5 Å². The standard InChI is InChI=1S/C18H27N3O2/c1-3-9-19-18(23)15-5-4-6-16(12-15)20-17(22)13-21-10-7-14(2)8-11-21/h4-6,12,14H,3,7-11,13H2,1-2H3,(H,19,23)(H,20,22). The number of piperidine rings is 1. The summed E-state index contributed by atoms with van der Waals surface area (Å²) in [4.78, 5) is 26.3. The van der Waals surface area contributed by atoms with E-state index in [1.165, 1.54) is 0 Å². The Morgan fingerprint density at radius 1 is 1.26 bits per heavy atom. The van der Waals surface area contributed by atoms with E-state index in [-0.39, 0.29) is 11.8 Å². The van der Waals surface area contributed by atoms with E-state index in [9.17, 15) is 9.59 Å². The number of benzene rings is 1. The van der Waals surface area contributed by atoms with Crippen LogP contribution < -0.4 is 10.6 Å². The van der Waals surface area contributed by atoms with Crippen molar-refractivity contribution in [3.8, 4) is 0 Å². The molecule has 1 aromatic rings. The van der Waals surface area contributed by atoms with Crippen LogP contribution in [0.3, 0.4) is 0 Å². The molecule has 0 spiro atoms. The van der Waals surface area contributed by atoms with Crippen LogP contribution >= 0.6 is 0 Å². The molecule has 2 N–H and O–H groups in total. The van der Waals surface area contributed by atoms with E-state index in [4.69, 9.17) is 0 Å². The van der Waals surface area contributed by atoms with Gasteiger partial charge in [-0.05, 0) is 56.5 Å². The molecule has 0 aromatic heterocycles. The third kappa shape index (κ3) is 5.67. The molecule has 5 heteroatoms. The van der Waals surface area contributed by atoms with Gasteiger partial charge in [-0.15, -0.1) is 0 Å². The van der Waals surface area contributed by atoms with Crippen molar-refractivity contribution in [1.82, 2.24) is 10.2 Å². The van der Waals surface area contributed by atoms with Gasteiger partial charge in [-0.2, -0.15) is 0 Å². The van der Waals surface area contributed by atoms with Crippen molar-refractivity contribution in [3.63, 3.8) is 0 Å². The zero-order valence-electron chi connectivity index (χ0n) is 14.1. The van der Waals surface area contributed by atoms with Gasteiger partial charge in [0.25, 0.3) is 5.91 Å². The SMILES string of the molecule is CCCNC(=O)c1cccc(NC(=O)CN2CCC(C)CC2)c1. The van der Waals surface area contributed by atoms with Crippen molar-refractivity contribution in [3.05, 3.63) is 29.8 Å². The summed E-state index contributed by atoms with van der Waals surface area (Å²) in [6.07, 6.45) is 3.21. The highest BCUT2D eigenvalue weighted by Crippen LogP contribution is 2.16. The highest BCUT2D eigenvalue weighted by Gasteiger charge is 2.18. The molecule has 1 aliphatic heterocycles. The molecule has 0 radical (unpaired) electrons. The van der Waals surface area contributed by atoms with Crippen molar-refractivity contribution >= 4 is 17.5 Å². The zero-order chi connectivity index (χ0) is 16.7. The van der Waals surface area contributed by atoms with Gasteiger partial charge in [-0.1, -0.05) is 19.9 Å². The van der Waals surface area contributed by atoms with Gasteiger partial charge < -0.3 is 10.6 Å². The molecule has 0 unspecified atom stereocenters. The first-order valence-corrected chi connectivity index (χ1v) is 8.49. The molecule has 1 heterocycles. The van der Waals surface area contributed by atoms with E-state index in [0.29, 0.717) is 24.3 Å². The Kier molecular flexibility index (Phi) is 6.59. The van der Waals surface area contributed by atoms with Crippen molar-refractivity contribution < 1.29 is 9.59 Å². The van der Waals surface area contributed by atoms with E-state index >= 15 is 0 Å². The number of hydrogen-bond acceptors (Lipinski definition) is 3. The fraction of sp³-hybridized carbons (Fsp3) is 0.556. The molecule has 5 nitrogen and oxygen atoms in total. The summed E-state index contributed by atoms with van der Waals surface area (Å²) < 4.78 is 0. The quantitative estimate of drug-likeness (QED) is 0.847. The number of carbonyl (C=O) groups excluding carboxylic acids is 2. The molecule has 1 aliphatic rings. The number of amides is 2. The molecule has 2 amide bonds. The second kappa shape index (κ2) is 8.67. The Labute approximate surface area is 138 Å². The average Bonchev–Trinajstić information content (AvgIpc) is 2.55. The van der Waals surface area contributed by atoms with E-state index in [0.717, 1.165) is 38.3 Å². The van der Waals surface area contributed by atoms with Gasteiger partial charge >= 0.3 is 0 Å². The maximum Gasteiger partial charge on any atom is 0.251 e. The molecule has 23 heavy (non-hydrogen) atoms. The van der Waals surface area contributed by atoms with Crippen LogP contribution in [0, 0.1) is 5.92 Å². The lowest BCUT2D eigenvalue weighted by molar-refractivity contribution is -0.117. The average molecular weight is 317 g/mol. The van der Waals surface area contributed by atoms with Gasteiger partial charge in [0, 0.05) is 17.8 Å².